The van der Waals surface area contributed by atoms with Crippen LogP contribution in [0.1, 0.15) is 6.42 Å². The molecule has 0 heterocycles. The Bertz CT molecular complexity index is 181. The number of hydrogen-bond donors (Lipinski definition) is 0. The summed E-state index contributed by atoms with van der Waals surface area (Å²) in [6.45, 7) is 0. The Morgan fingerprint density at radius 3 is 2.18 bits per heavy atom. The monoisotopic (exact) mass is 292 g/mol. The first-order valence-corrected chi connectivity index (χ1v) is 4.59. The molecule has 0 radical (unpaired) electrons. The van der Waals surface area contributed by atoms with Crippen molar-refractivity contribution in [1.29, 1.82) is 0 Å². The summed E-state index contributed by atoms with van der Waals surface area (Å²) in [5.74, 6) is -1.45. The van der Waals surface area contributed by atoms with Gasteiger partial charge in [0.15, 0.2) is 0 Å². The molecule has 0 aromatic rings. The second kappa shape index (κ2) is 3.09. The zero-order valence-corrected chi connectivity index (χ0v) is 8.50. The van der Waals surface area contributed by atoms with Gasteiger partial charge in [-0.15, -0.1) is 0 Å². The highest BCUT2D eigenvalue weighted by Crippen LogP contribution is 2.51. The second-order valence-electron chi connectivity index (χ2n) is 2.50. The maximum Gasteiger partial charge on any atom is 0.392 e. The molecule has 64 valence electrons. The van der Waals surface area contributed by atoms with Crippen LogP contribution in [0.25, 0.3) is 0 Å². The normalized spacial score (nSPS) is 29.9. The Labute approximate surface area is 79.1 Å². The van der Waals surface area contributed by atoms with Gasteiger partial charge < -0.3 is 0 Å². The summed E-state index contributed by atoms with van der Waals surface area (Å²) in [7, 11) is 0. The zero-order chi connectivity index (χ0) is 8.65. The minimum Gasteiger partial charge on any atom is -0.171 e. The van der Waals surface area contributed by atoms with Crippen LogP contribution in [0.5, 0.6) is 0 Å². The first-order chi connectivity index (χ1) is 4.91. The Hall–Kier alpha value is 0.490. The highest BCUT2D eigenvalue weighted by atomic mass is 79.9. The molecule has 0 saturated heterocycles. The molecule has 0 amide bonds. The zero-order valence-electron chi connectivity index (χ0n) is 5.33. The van der Waals surface area contributed by atoms with Crippen LogP contribution in [-0.4, -0.2) is 6.18 Å². The number of alkyl halides is 3. The summed E-state index contributed by atoms with van der Waals surface area (Å²) in [6, 6.07) is 0. The number of rotatable bonds is 1. The van der Waals surface area contributed by atoms with Gasteiger partial charge in [-0.25, -0.2) is 0 Å². The van der Waals surface area contributed by atoms with Crippen LogP contribution in [0, 0.1) is 11.8 Å². The van der Waals surface area contributed by atoms with Crippen LogP contribution in [0.2, 0.25) is 0 Å². The molecule has 1 saturated carbocycles. The van der Waals surface area contributed by atoms with Crippen LogP contribution < -0.4 is 0 Å². The van der Waals surface area contributed by atoms with Crippen molar-refractivity contribution < 1.29 is 13.2 Å². The minimum absolute atomic E-state index is 0.226. The van der Waals surface area contributed by atoms with Gasteiger partial charge in [-0.05, 0) is 44.2 Å². The fourth-order valence-corrected chi connectivity index (χ4v) is 1.62. The third-order valence-corrected chi connectivity index (χ3v) is 2.13. The Kier molecular flexibility index (Phi) is 2.69. The fraction of sp³-hybridized carbons (Fsp3) is 0.667. The van der Waals surface area contributed by atoms with Gasteiger partial charge in [-0.1, -0.05) is 6.08 Å². The van der Waals surface area contributed by atoms with E-state index in [0.717, 1.165) is 0 Å². The molecule has 1 aliphatic rings. The lowest BCUT2D eigenvalue weighted by atomic mass is 10.3. The molecule has 0 bridgehead atoms. The molecule has 1 rings (SSSR count). The highest BCUT2D eigenvalue weighted by molar-refractivity contribution is 9.28. The van der Waals surface area contributed by atoms with Gasteiger partial charge in [-0.2, -0.15) is 13.2 Å². The SMILES string of the molecule is FC(F)(F)C1CC1C=C(Br)Br. The van der Waals surface area contributed by atoms with Crippen molar-refractivity contribution in [3.05, 3.63) is 9.47 Å². The largest absolute Gasteiger partial charge is 0.392 e. The minimum atomic E-state index is -4.02. The van der Waals surface area contributed by atoms with E-state index in [1.54, 1.807) is 0 Å². The van der Waals surface area contributed by atoms with Crippen LogP contribution in [-0.2, 0) is 0 Å². The smallest absolute Gasteiger partial charge is 0.171 e. The number of halogens is 5. The van der Waals surface area contributed by atoms with Crippen molar-refractivity contribution in [2.45, 2.75) is 12.6 Å². The molecular formula is C6H5Br2F3. The Morgan fingerprint density at radius 1 is 1.36 bits per heavy atom. The third-order valence-electron chi connectivity index (χ3n) is 1.60. The van der Waals surface area contributed by atoms with E-state index in [0.29, 0.717) is 3.39 Å². The van der Waals surface area contributed by atoms with Crippen molar-refractivity contribution in [1.82, 2.24) is 0 Å². The van der Waals surface area contributed by atoms with Crippen molar-refractivity contribution in [3.63, 3.8) is 0 Å². The Balaban J connectivity index is 2.44. The third kappa shape index (κ3) is 2.78. The molecule has 0 spiro atoms. The van der Waals surface area contributed by atoms with E-state index in [1.807, 2.05) is 0 Å². The van der Waals surface area contributed by atoms with Gasteiger partial charge in [0.2, 0.25) is 0 Å². The molecule has 1 aliphatic carbocycles. The van der Waals surface area contributed by atoms with Gasteiger partial charge in [0.05, 0.1) is 9.31 Å². The van der Waals surface area contributed by atoms with Gasteiger partial charge >= 0.3 is 6.18 Å². The van der Waals surface area contributed by atoms with Crippen LogP contribution in [0.15, 0.2) is 9.47 Å². The lowest BCUT2D eigenvalue weighted by Crippen LogP contribution is -2.11. The summed E-state index contributed by atoms with van der Waals surface area (Å²) < 4.78 is 36.2. The van der Waals surface area contributed by atoms with E-state index in [-0.39, 0.29) is 12.3 Å². The molecule has 0 aromatic heterocycles. The van der Waals surface area contributed by atoms with Crippen LogP contribution >= 0.6 is 31.9 Å². The van der Waals surface area contributed by atoms with Crippen LogP contribution in [0.3, 0.4) is 0 Å². The van der Waals surface area contributed by atoms with Gasteiger partial charge in [0, 0.05) is 0 Å². The summed E-state index contributed by atoms with van der Waals surface area (Å²) >= 11 is 6.04. The van der Waals surface area contributed by atoms with E-state index in [9.17, 15) is 13.2 Å². The lowest BCUT2D eigenvalue weighted by molar-refractivity contribution is -0.149. The average molecular weight is 294 g/mol. The summed E-state index contributed by atoms with van der Waals surface area (Å²) in [5, 5.41) is 0. The van der Waals surface area contributed by atoms with Crippen molar-refractivity contribution >= 4 is 31.9 Å². The van der Waals surface area contributed by atoms with E-state index in [2.05, 4.69) is 31.9 Å². The van der Waals surface area contributed by atoms with E-state index in [1.165, 1.54) is 6.08 Å². The summed E-state index contributed by atoms with van der Waals surface area (Å²) in [4.78, 5) is 0. The summed E-state index contributed by atoms with van der Waals surface area (Å²) in [5.41, 5.74) is 0. The van der Waals surface area contributed by atoms with Crippen molar-refractivity contribution in [2.75, 3.05) is 0 Å². The standard InChI is InChI=1S/C6H5Br2F3/c7-5(8)2-3-1-4(3)6(9,10)11/h2-4H,1H2. The van der Waals surface area contributed by atoms with Gasteiger partial charge in [0.25, 0.3) is 0 Å². The molecule has 11 heavy (non-hydrogen) atoms. The van der Waals surface area contributed by atoms with E-state index < -0.39 is 12.1 Å². The molecule has 1 fully saturated rings. The first kappa shape index (κ1) is 9.58. The lowest BCUT2D eigenvalue weighted by Gasteiger charge is -2.01. The molecule has 0 nitrogen and oxygen atoms in total. The van der Waals surface area contributed by atoms with Gasteiger partial charge in [-0.3, -0.25) is 0 Å². The molecule has 0 aliphatic heterocycles. The molecular weight excluding hydrogens is 289 g/mol. The topological polar surface area (TPSA) is 0 Å². The predicted octanol–water partition coefficient (Wildman–Crippen LogP) is 3.82. The quantitative estimate of drug-likeness (QED) is 0.689. The summed E-state index contributed by atoms with van der Waals surface area (Å²) in [6.07, 6.45) is -2.25. The molecule has 2 unspecified atom stereocenters. The second-order valence-corrected chi connectivity index (χ2v) is 5.28. The van der Waals surface area contributed by atoms with E-state index in [4.69, 9.17) is 0 Å². The number of hydrogen-bond acceptors (Lipinski definition) is 0. The van der Waals surface area contributed by atoms with Gasteiger partial charge in [0.1, 0.15) is 0 Å². The first-order valence-electron chi connectivity index (χ1n) is 3.01. The molecule has 0 N–H and O–H groups in total. The average Bonchev–Trinajstić information content (AvgIpc) is 2.40. The Morgan fingerprint density at radius 2 is 1.91 bits per heavy atom. The maximum atomic E-state index is 11.9. The van der Waals surface area contributed by atoms with Crippen molar-refractivity contribution in [3.8, 4) is 0 Å². The fourth-order valence-electron chi connectivity index (χ4n) is 0.937. The highest BCUT2D eigenvalue weighted by Gasteiger charge is 2.54. The molecule has 0 aromatic carbocycles. The van der Waals surface area contributed by atoms with Crippen molar-refractivity contribution in [2.24, 2.45) is 11.8 Å². The predicted molar refractivity (Wildman–Crippen MR) is 43.6 cm³/mol. The van der Waals surface area contributed by atoms with E-state index >= 15 is 0 Å². The van der Waals surface area contributed by atoms with Crippen LogP contribution in [0.4, 0.5) is 13.2 Å². The molecule has 2 atom stereocenters. The maximum absolute atomic E-state index is 11.9. The molecule has 5 heteroatoms. The number of allylic oxidation sites excluding steroid dienone is 1.